The maximum atomic E-state index is 14.5. The quantitative estimate of drug-likeness (QED) is 0.595. The highest BCUT2D eigenvalue weighted by Crippen LogP contribution is 2.26. The number of ether oxygens (including phenoxy) is 1. The summed E-state index contributed by atoms with van der Waals surface area (Å²) in [5, 5.41) is 11.7. The van der Waals surface area contributed by atoms with Gasteiger partial charge in [0.15, 0.2) is 5.82 Å². The normalized spacial score (nSPS) is 17.3. The fourth-order valence-corrected chi connectivity index (χ4v) is 4.33. The average Bonchev–Trinajstić information content (AvgIpc) is 3.46. The van der Waals surface area contributed by atoms with Crippen molar-refractivity contribution in [1.29, 1.82) is 5.41 Å². The molecular weight excluding hydrogens is 425 g/mol. The molecule has 2 fully saturated rings. The molecule has 0 atom stereocenters. The number of benzene rings is 1. The first-order valence-corrected chi connectivity index (χ1v) is 11.8. The first-order chi connectivity index (χ1) is 15.9. The Morgan fingerprint density at radius 3 is 2.73 bits per heavy atom. The molecule has 0 spiro atoms. The van der Waals surface area contributed by atoms with Gasteiger partial charge in [-0.1, -0.05) is 19.0 Å². The smallest absolute Gasteiger partial charge is 0.324 e. The van der Waals surface area contributed by atoms with Gasteiger partial charge in [0.2, 0.25) is 0 Å². The van der Waals surface area contributed by atoms with E-state index in [0.717, 1.165) is 44.6 Å². The van der Waals surface area contributed by atoms with Crippen LogP contribution in [0.25, 0.3) is 0 Å². The lowest BCUT2D eigenvalue weighted by molar-refractivity contribution is 0.0793. The maximum Gasteiger partial charge on any atom is 0.324 e. The minimum Gasteiger partial charge on any atom is -0.493 e. The van der Waals surface area contributed by atoms with E-state index in [9.17, 15) is 9.18 Å². The first-order valence-electron chi connectivity index (χ1n) is 11.8. The molecular formula is C24H32FN5O3. The van der Waals surface area contributed by atoms with E-state index in [2.05, 4.69) is 15.0 Å². The fraction of sp³-hybridized carbons (Fsp3) is 0.583. The average molecular weight is 458 g/mol. The van der Waals surface area contributed by atoms with Gasteiger partial charge in [-0.05, 0) is 43.7 Å². The highest BCUT2D eigenvalue weighted by molar-refractivity contribution is 5.99. The van der Waals surface area contributed by atoms with Gasteiger partial charge in [0, 0.05) is 43.8 Å². The summed E-state index contributed by atoms with van der Waals surface area (Å²) < 4.78 is 25.6. The van der Waals surface area contributed by atoms with Crippen LogP contribution in [-0.4, -0.2) is 59.4 Å². The number of nitrogens with zero attached hydrogens (tertiary/aromatic N) is 4. The van der Waals surface area contributed by atoms with Crippen molar-refractivity contribution in [2.75, 3.05) is 37.7 Å². The first kappa shape index (κ1) is 23.2. The summed E-state index contributed by atoms with van der Waals surface area (Å²) in [5.41, 5.74) is 0.537. The summed E-state index contributed by atoms with van der Waals surface area (Å²) in [4.78, 5) is 20.6. The summed E-state index contributed by atoms with van der Waals surface area (Å²) in [6, 6.07) is 5.02. The van der Waals surface area contributed by atoms with Crippen LogP contribution in [0.15, 0.2) is 22.7 Å². The van der Waals surface area contributed by atoms with Gasteiger partial charge >= 0.3 is 6.01 Å². The molecule has 2 aromatic rings. The number of hydrogen-bond acceptors (Lipinski definition) is 7. The summed E-state index contributed by atoms with van der Waals surface area (Å²) in [7, 11) is 0. The molecule has 1 N–H and O–H groups in total. The van der Waals surface area contributed by atoms with Gasteiger partial charge < -0.3 is 24.5 Å². The van der Waals surface area contributed by atoms with Gasteiger partial charge in [0.05, 0.1) is 18.7 Å². The molecule has 33 heavy (non-hydrogen) atoms. The molecule has 0 bridgehead atoms. The number of carbonyl (C=O) groups excluding carboxylic acids is 1. The zero-order valence-electron chi connectivity index (χ0n) is 19.3. The van der Waals surface area contributed by atoms with Gasteiger partial charge in [-0.2, -0.15) is 4.98 Å². The van der Waals surface area contributed by atoms with E-state index in [-0.39, 0.29) is 23.9 Å². The number of aromatic nitrogens is 2. The van der Waals surface area contributed by atoms with E-state index in [0.29, 0.717) is 43.0 Å². The van der Waals surface area contributed by atoms with E-state index in [4.69, 9.17) is 14.7 Å². The number of piperidine rings is 1. The second-order valence-corrected chi connectivity index (χ2v) is 9.23. The standard InChI is InChI=1S/C24H32FN5O3/c1-16(2)22-27-24(33-28-22)29-10-7-17(8-11-29)4-3-13-32-19-5-6-20(21(25)14-19)23(31)30-12-9-18(26)15-30/h5-6,14,16-17,26H,3-4,7-13,15H2,1-2H3. The summed E-state index contributed by atoms with van der Waals surface area (Å²) >= 11 is 0. The summed E-state index contributed by atoms with van der Waals surface area (Å²) in [5.74, 6) is 1.11. The Bertz CT molecular complexity index is 984. The van der Waals surface area contributed by atoms with E-state index in [1.807, 2.05) is 13.8 Å². The number of rotatable bonds is 8. The van der Waals surface area contributed by atoms with Crippen molar-refractivity contribution in [3.05, 3.63) is 35.4 Å². The molecule has 1 aromatic carbocycles. The number of anilines is 1. The van der Waals surface area contributed by atoms with Crippen LogP contribution in [0, 0.1) is 17.1 Å². The predicted molar refractivity (Wildman–Crippen MR) is 123 cm³/mol. The zero-order chi connectivity index (χ0) is 23.4. The van der Waals surface area contributed by atoms with E-state index in [1.165, 1.54) is 17.0 Å². The second-order valence-electron chi connectivity index (χ2n) is 9.23. The number of hydrogen-bond donors (Lipinski definition) is 1. The van der Waals surface area contributed by atoms with E-state index < -0.39 is 5.82 Å². The van der Waals surface area contributed by atoms with Crippen molar-refractivity contribution in [1.82, 2.24) is 15.0 Å². The monoisotopic (exact) mass is 457 g/mol. The third-order valence-electron chi connectivity index (χ3n) is 6.38. The van der Waals surface area contributed by atoms with Gasteiger partial charge in [-0.15, -0.1) is 0 Å². The lowest BCUT2D eigenvalue weighted by Gasteiger charge is -2.30. The van der Waals surface area contributed by atoms with Crippen LogP contribution in [0.1, 0.15) is 68.1 Å². The van der Waals surface area contributed by atoms with Gasteiger partial charge in [-0.25, -0.2) is 4.39 Å². The number of nitrogens with one attached hydrogen (secondary N) is 1. The molecule has 4 rings (SSSR count). The van der Waals surface area contributed by atoms with Gasteiger partial charge in [0.25, 0.3) is 5.91 Å². The SMILES string of the molecule is CC(C)c1noc(N2CCC(CCCOc3ccc(C(=O)N4CCC(=N)C4)c(F)c3)CC2)n1. The van der Waals surface area contributed by atoms with Crippen LogP contribution in [0.3, 0.4) is 0 Å². The minimum atomic E-state index is -0.579. The number of halogens is 1. The molecule has 0 unspecified atom stereocenters. The Hall–Kier alpha value is -2.97. The zero-order valence-corrected chi connectivity index (χ0v) is 19.3. The van der Waals surface area contributed by atoms with Crippen molar-refractivity contribution < 1.29 is 18.4 Å². The molecule has 0 aliphatic carbocycles. The third-order valence-corrected chi connectivity index (χ3v) is 6.38. The molecule has 2 aliphatic heterocycles. The van der Waals surface area contributed by atoms with Crippen molar-refractivity contribution in [3.63, 3.8) is 0 Å². The van der Waals surface area contributed by atoms with Crippen LogP contribution >= 0.6 is 0 Å². The molecule has 2 aliphatic rings. The lowest BCUT2D eigenvalue weighted by atomic mass is 9.92. The van der Waals surface area contributed by atoms with Crippen LogP contribution < -0.4 is 9.64 Å². The van der Waals surface area contributed by atoms with Crippen molar-refractivity contribution in [3.8, 4) is 5.75 Å². The summed E-state index contributed by atoms with van der Waals surface area (Å²) in [6.45, 7) is 7.18. The fourth-order valence-electron chi connectivity index (χ4n) is 4.33. The van der Waals surface area contributed by atoms with Crippen molar-refractivity contribution in [2.45, 2.75) is 51.9 Å². The molecule has 1 amide bonds. The highest BCUT2D eigenvalue weighted by Gasteiger charge is 2.25. The van der Waals surface area contributed by atoms with Crippen molar-refractivity contribution >= 4 is 17.6 Å². The Morgan fingerprint density at radius 2 is 2.09 bits per heavy atom. The third kappa shape index (κ3) is 5.69. The lowest BCUT2D eigenvalue weighted by Crippen LogP contribution is -2.34. The molecule has 2 saturated heterocycles. The second kappa shape index (κ2) is 10.3. The van der Waals surface area contributed by atoms with E-state index in [1.54, 1.807) is 6.07 Å². The topological polar surface area (TPSA) is 95.5 Å². The number of amides is 1. The number of carbonyl (C=O) groups is 1. The van der Waals surface area contributed by atoms with Gasteiger partial charge in [0.1, 0.15) is 11.6 Å². The Kier molecular flexibility index (Phi) is 7.25. The molecule has 1 aromatic heterocycles. The molecule has 178 valence electrons. The molecule has 3 heterocycles. The minimum absolute atomic E-state index is 0.0329. The highest BCUT2D eigenvalue weighted by atomic mass is 19.1. The summed E-state index contributed by atoms with van der Waals surface area (Å²) in [6.07, 6.45) is 4.64. The van der Waals surface area contributed by atoms with Crippen LogP contribution in [-0.2, 0) is 0 Å². The van der Waals surface area contributed by atoms with Crippen LogP contribution in [0.5, 0.6) is 5.75 Å². The predicted octanol–water partition coefficient (Wildman–Crippen LogP) is 4.27. The van der Waals surface area contributed by atoms with E-state index >= 15 is 0 Å². The van der Waals surface area contributed by atoms with Crippen molar-refractivity contribution in [2.24, 2.45) is 5.92 Å². The Balaban J connectivity index is 1.18. The Morgan fingerprint density at radius 1 is 1.30 bits per heavy atom. The van der Waals surface area contributed by atoms with Crippen LogP contribution in [0.2, 0.25) is 0 Å². The Labute approximate surface area is 193 Å². The van der Waals surface area contributed by atoms with Gasteiger partial charge in [-0.3, -0.25) is 4.79 Å². The van der Waals surface area contributed by atoms with Crippen LogP contribution in [0.4, 0.5) is 10.4 Å². The number of likely N-dealkylation sites (tertiary alicyclic amines) is 1. The largest absolute Gasteiger partial charge is 0.493 e. The molecule has 8 nitrogen and oxygen atoms in total. The molecule has 0 saturated carbocycles. The maximum absolute atomic E-state index is 14.5. The molecule has 9 heteroatoms. The molecule has 0 radical (unpaired) electrons.